The van der Waals surface area contributed by atoms with Gasteiger partial charge in [-0.15, -0.1) is 0 Å². The summed E-state index contributed by atoms with van der Waals surface area (Å²) in [5.74, 6) is 7.29. The van der Waals surface area contributed by atoms with Crippen molar-refractivity contribution < 1.29 is 9.84 Å². The van der Waals surface area contributed by atoms with Crippen LogP contribution in [0.15, 0.2) is 18.2 Å². The van der Waals surface area contributed by atoms with Crippen LogP contribution >= 0.6 is 0 Å². The van der Waals surface area contributed by atoms with Gasteiger partial charge in [-0.2, -0.15) is 0 Å². The topological polar surface area (TPSA) is 29.5 Å². The molecule has 0 aliphatic carbocycles. The largest absolute Gasteiger partial charge is 0.492 e. The van der Waals surface area contributed by atoms with E-state index in [9.17, 15) is 0 Å². The summed E-state index contributed by atoms with van der Waals surface area (Å²) in [4.78, 5) is 0. The van der Waals surface area contributed by atoms with E-state index < -0.39 is 0 Å². The maximum atomic E-state index is 8.71. The van der Waals surface area contributed by atoms with Crippen molar-refractivity contribution in [2.45, 2.75) is 27.2 Å². The maximum Gasteiger partial charge on any atom is 0.134 e. The van der Waals surface area contributed by atoms with Crippen LogP contribution in [0.1, 0.15) is 31.4 Å². The molecule has 0 saturated carbocycles. The Bertz CT molecular complexity index is 411. The van der Waals surface area contributed by atoms with Gasteiger partial charge in [-0.3, -0.25) is 0 Å². The molecule has 0 amide bonds. The van der Waals surface area contributed by atoms with E-state index in [0.717, 1.165) is 16.9 Å². The van der Waals surface area contributed by atoms with Crippen LogP contribution < -0.4 is 4.74 Å². The van der Waals surface area contributed by atoms with Crippen molar-refractivity contribution in [2.75, 3.05) is 13.2 Å². The summed E-state index contributed by atoms with van der Waals surface area (Å²) in [7, 11) is 0. The molecule has 1 N–H and O–H groups in total. The third-order valence-corrected chi connectivity index (χ3v) is 2.17. The zero-order chi connectivity index (χ0) is 12.7. The molecule has 0 atom stereocenters. The molecule has 0 aliphatic heterocycles. The molecule has 17 heavy (non-hydrogen) atoms. The van der Waals surface area contributed by atoms with Gasteiger partial charge in [0, 0.05) is 6.42 Å². The summed E-state index contributed by atoms with van der Waals surface area (Å²) in [6.07, 6.45) is 0.498. The van der Waals surface area contributed by atoms with Crippen LogP contribution in [0.2, 0.25) is 0 Å². The Morgan fingerprint density at radius 3 is 2.76 bits per heavy atom. The minimum absolute atomic E-state index is 0.0982. The highest BCUT2D eigenvalue weighted by Gasteiger charge is 2.03. The number of aliphatic hydroxyl groups is 1. The van der Waals surface area contributed by atoms with Crippen molar-refractivity contribution in [3.05, 3.63) is 29.3 Å². The molecule has 2 nitrogen and oxygen atoms in total. The van der Waals surface area contributed by atoms with E-state index in [0.29, 0.717) is 18.9 Å². The molecule has 1 rings (SSSR count). The monoisotopic (exact) mass is 232 g/mol. The van der Waals surface area contributed by atoms with Crippen molar-refractivity contribution in [3.8, 4) is 17.6 Å². The third-order valence-electron chi connectivity index (χ3n) is 2.17. The molecule has 92 valence electrons. The summed E-state index contributed by atoms with van der Waals surface area (Å²) in [6, 6.07) is 5.99. The van der Waals surface area contributed by atoms with Crippen molar-refractivity contribution in [3.63, 3.8) is 0 Å². The van der Waals surface area contributed by atoms with Gasteiger partial charge >= 0.3 is 0 Å². The second-order valence-corrected chi connectivity index (χ2v) is 4.48. The lowest BCUT2D eigenvalue weighted by Gasteiger charge is -2.10. The van der Waals surface area contributed by atoms with Gasteiger partial charge in [0.1, 0.15) is 5.75 Å². The van der Waals surface area contributed by atoms with E-state index in [1.165, 1.54) is 0 Å². The Labute approximate surface area is 104 Å². The van der Waals surface area contributed by atoms with Gasteiger partial charge in [-0.05, 0) is 30.5 Å². The van der Waals surface area contributed by atoms with E-state index in [2.05, 4.69) is 25.7 Å². The second-order valence-electron chi connectivity index (χ2n) is 4.48. The van der Waals surface area contributed by atoms with E-state index in [1.807, 2.05) is 25.1 Å². The number of hydrogen-bond acceptors (Lipinski definition) is 2. The first-order valence-electron chi connectivity index (χ1n) is 5.96. The highest BCUT2D eigenvalue weighted by Crippen LogP contribution is 2.19. The summed E-state index contributed by atoms with van der Waals surface area (Å²) >= 11 is 0. The van der Waals surface area contributed by atoms with Crippen molar-refractivity contribution in [2.24, 2.45) is 5.92 Å². The van der Waals surface area contributed by atoms with Gasteiger partial charge in [-0.25, -0.2) is 0 Å². The van der Waals surface area contributed by atoms with Crippen molar-refractivity contribution in [1.29, 1.82) is 0 Å². The average molecular weight is 232 g/mol. The van der Waals surface area contributed by atoms with E-state index in [4.69, 9.17) is 9.84 Å². The minimum Gasteiger partial charge on any atom is -0.492 e. The summed E-state index contributed by atoms with van der Waals surface area (Å²) in [5, 5.41) is 8.71. The Hall–Kier alpha value is -1.46. The molecule has 1 aromatic rings. The maximum absolute atomic E-state index is 8.71. The number of benzene rings is 1. The quantitative estimate of drug-likeness (QED) is 0.809. The van der Waals surface area contributed by atoms with Gasteiger partial charge in [0.05, 0.1) is 18.8 Å². The summed E-state index contributed by atoms with van der Waals surface area (Å²) in [5.41, 5.74) is 2.06. The summed E-state index contributed by atoms with van der Waals surface area (Å²) < 4.78 is 5.72. The van der Waals surface area contributed by atoms with Crippen LogP contribution in [0.5, 0.6) is 5.75 Å². The van der Waals surface area contributed by atoms with Crippen LogP contribution in [0.4, 0.5) is 0 Å². The molecule has 0 aromatic heterocycles. The Morgan fingerprint density at radius 1 is 1.35 bits per heavy atom. The fraction of sp³-hybridized carbons (Fsp3) is 0.467. The summed E-state index contributed by atoms with van der Waals surface area (Å²) in [6.45, 7) is 7.05. The SMILES string of the molecule is Cc1ccc(OCC(C)C)c(C#CCCO)c1. The molecule has 2 heteroatoms. The van der Waals surface area contributed by atoms with Gasteiger partial charge in [0.25, 0.3) is 0 Å². The normalized spacial score (nSPS) is 9.94. The first-order valence-corrected chi connectivity index (χ1v) is 5.96. The molecule has 0 fully saturated rings. The van der Waals surface area contributed by atoms with Gasteiger partial charge < -0.3 is 9.84 Å². The van der Waals surface area contributed by atoms with Gasteiger partial charge in [-0.1, -0.05) is 31.8 Å². The molecule has 1 aromatic carbocycles. The minimum atomic E-state index is 0.0982. The molecular weight excluding hydrogens is 212 g/mol. The smallest absolute Gasteiger partial charge is 0.134 e. The van der Waals surface area contributed by atoms with Crippen molar-refractivity contribution in [1.82, 2.24) is 0 Å². The molecule has 0 radical (unpaired) electrons. The van der Waals surface area contributed by atoms with Gasteiger partial charge in [0.15, 0.2) is 0 Å². The standard InChI is InChI=1S/C15H20O2/c1-12(2)11-17-15-8-7-13(3)10-14(15)6-4-5-9-16/h7-8,10,12,16H,5,9,11H2,1-3H3. The van der Waals surface area contributed by atoms with Crippen LogP contribution in [-0.2, 0) is 0 Å². The highest BCUT2D eigenvalue weighted by molar-refractivity contribution is 5.48. The Balaban J connectivity index is 2.85. The number of hydrogen-bond donors (Lipinski definition) is 1. The zero-order valence-electron chi connectivity index (χ0n) is 10.8. The van der Waals surface area contributed by atoms with E-state index in [1.54, 1.807) is 0 Å². The fourth-order valence-corrected chi connectivity index (χ4v) is 1.34. The lowest BCUT2D eigenvalue weighted by atomic mass is 10.1. The molecule has 0 unspecified atom stereocenters. The second kappa shape index (κ2) is 6.98. The molecule has 0 saturated heterocycles. The number of aliphatic hydroxyl groups excluding tert-OH is 1. The molecule has 0 aliphatic rings. The predicted octanol–water partition coefficient (Wildman–Crippen LogP) is 2.76. The first kappa shape index (κ1) is 13.6. The van der Waals surface area contributed by atoms with Crippen LogP contribution in [-0.4, -0.2) is 18.3 Å². The zero-order valence-corrected chi connectivity index (χ0v) is 10.8. The molecular formula is C15H20O2. The number of aryl methyl sites for hydroxylation is 1. The van der Waals surface area contributed by atoms with E-state index in [-0.39, 0.29) is 6.61 Å². The van der Waals surface area contributed by atoms with Crippen molar-refractivity contribution >= 4 is 0 Å². The Morgan fingerprint density at radius 2 is 2.12 bits per heavy atom. The van der Waals surface area contributed by atoms with Crippen LogP contribution in [0.25, 0.3) is 0 Å². The number of rotatable bonds is 4. The fourth-order valence-electron chi connectivity index (χ4n) is 1.34. The average Bonchev–Trinajstić information content (AvgIpc) is 2.28. The highest BCUT2D eigenvalue weighted by atomic mass is 16.5. The lowest BCUT2D eigenvalue weighted by Crippen LogP contribution is -2.05. The van der Waals surface area contributed by atoms with Crippen LogP contribution in [0.3, 0.4) is 0 Å². The number of ether oxygens (including phenoxy) is 1. The third kappa shape index (κ3) is 4.93. The molecule has 0 spiro atoms. The molecule has 0 bridgehead atoms. The first-order chi connectivity index (χ1) is 8.13. The van der Waals surface area contributed by atoms with Gasteiger partial charge in [0.2, 0.25) is 0 Å². The predicted molar refractivity (Wildman–Crippen MR) is 70.1 cm³/mol. The van der Waals surface area contributed by atoms with E-state index >= 15 is 0 Å². The molecule has 0 heterocycles. The lowest BCUT2D eigenvalue weighted by molar-refractivity contribution is 0.270. The Kier molecular flexibility index (Phi) is 5.59. The van der Waals surface area contributed by atoms with Crippen LogP contribution in [0, 0.1) is 24.7 Å².